The standard InChI is InChI=1S/C15H23FN2O/c1-11(2)17-6-8-18(9-7-17)12(3)14-5-4-13(19)10-15(14)16/h4-5,10-12,19H,6-9H2,1-3H3. The highest BCUT2D eigenvalue weighted by Gasteiger charge is 2.24. The number of hydrogen-bond acceptors (Lipinski definition) is 3. The van der Waals surface area contributed by atoms with E-state index in [9.17, 15) is 9.50 Å². The average molecular weight is 266 g/mol. The van der Waals surface area contributed by atoms with Crippen molar-refractivity contribution in [2.45, 2.75) is 32.9 Å². The SMILES string of the molecule is CC(C)N1CCN(C(C)c2ccc(O)cc2F)CC1. The molecule has 0 spiro atoms. The zero-order chi connectivity index (χ0) is 14.0. The Labute approximate surface area is 114 Å². The minimum Gasteiger partial charge on any atom is -0.508 e. The number of nitrogens with zero attached hydrogens (tertiary/aromatic N) is 2. The van der Waals surface area contributed by atoms with Crippen LogP contribution in [-0.2, 0) is 0 Å². The highest BCUT2D eigenvalue weighted by Crippen LogP contribution is 2.26. The quantitative estimate of drug-likeness (QED) is 0.911. The first kappa shape index (κ1) is 14.3. The summed E-state index contributed by atoms with van der Waals surface area (Å²) >= 11 is 0. The lowest BCUT2D eigenvalue weighted by Crippen LogP contribution is -2.49. The van der Waals surface area contributed by atoms with Crippen molar-refractivity contribution in [3.8, 4) is 5.75 Å². The van der Waals surface area contributed by atoms with E-state index < -0.39 is 0 Å². The smallest absolute Gasteiger partial charge is 0.131 e. The molecule has 1 aliphatic rings. The molecule has 1 unspecified atom stereocenters. The zero-order valence-corrected chi connectivity index (χ0v) is 11.9. The van der Waals surface area contributed by atoms with E-state index in [1.54, 1.807) is 12.1 Å². The number of piperazine rings is 1. The molecule has 1 saturated heterocycles. The van der Waals surface area contributed by atoms with Crippen LogP contribution in [0.5, 0.6) is 5.75 Å². The van der Waals surface area contributed by atoms with Crippen molar-refractivity contribution in [3.05, 3.63) is 29.6 Å². The summed E-state index contributed by atoms with van der Waals surface area (Å²) in [5, 5.41) is 9.27. The van der Waals surface area contributed by atoms with Crippen LogP contribution in [0.2, 0.25) is 0 Å². The van der Waals surface area contributed by atoms with Gasteiger partial charge in [0, 0.05) is 49.9 Å². The van der Waals surface area contributed by atoms with Crippen LogP contribution in [0.3, 0.4) is 0 Å². The van der Waals surface area contributed by atoms with Crippen molar-refractivity contribution in [2.75, 3.05) is 26.2 Å². The monoisotopic (exact) mass is 266 g/mol. The molecule has 1 aromatic rings. The first-order chi connectivity index (χ1) is 8.99. The van der Waals surface area contributed by atoms with Gasteiger partial charge >= 0.3 is 0 Å². The van der Waals surface area contributed by atoms with Gasteiger partial charge in [0.2, 0.25) is 0 Å². The Hall–Kier alpha value is -1.13. The van der Waals surface area contributed by atoms with Crippen LogP contribution in [0.15, 0.2) is 18.2 Å². The van der Waals surface area contributed by atoms with Crippen molar-refractivity contribution in [3.63, 3.8) is 0 Å². The summed E-state index contributed by atoms with van der Waals surface area (Å²) in [5.41, 5.74) is 0.663. The van der Waals surface area contributed by atoms with E-state index in [1.165, 1.54) is 6.07 Å². The van der Waals surface area contributed by atoms with Gasteiger partial charge in [0.15, 0.2) is 0 Å². The first-order valence-electron chi connectivity index (χ1n) is 6.95. The largest absolute Gasteiger partial charge is 0.508 e. The van der Waals surface area contributed by atoms with E-state index in [4.69, 9.17) is 0 Å². The summed E-state index contributed by atoms with van der Waals surface area (Å²) in [4.78, 5) is 4.74. The van der Waals surface area contributed by atoms with E-state index >= 15 is 0 Å². The number of hydrogen-bond donors (Lipinski definition) is 1. The molecule has 4 heteroatoms. The Morgan fingerprint density at radius 2 is 1.63 bits per heavy atom. The third-order valence-corrected chi connectivity index (χ3v) is 4.06. The van der Waals surface area contributed by atoms with Gasteiger partial charge in [-0.1, -0.05) is 6.07 Å². The number of aromatic hydroxyl groups is 1. The second kappa shape index (κ2) is 5.88. The van der Waals surface area contributed by atoms with Gasteiger partial charge in [-0.05, 0) is 26.8 Å². The van der Waals surface area contributed by atoms with E-state index in [0.29, 0.717) is 11.6 Å². The van der Waals surface area contributed by atoms with Gasteiger partial charge in [-0.25, -0.2) is 4.39 Å². The summed E-state index contributed by atoms with van der Waals surface area (Å²) in [6.07, 6.45) is 0. The molecule has 1 fully saturated rings. The summed E-state index contributed by atoms with van der Waals surface area (Å²) in [6.45, 7) is 10.4. The molecule has 19 heavy (non-hydrogen) atoms. The van der Waals surface area contributed by atoms with E-state index in [2.05, 4.69) is 23.6 Å². The number of halogens is 1. The zero-order valence-electron chi connectivity index (χ0n) is 11.9. The normalized spacial score (nSPS) is 19.8. The second-order valence-electron chi connectivity index (χ2n) is 5.55. The Morgan fingerprint density at radius 3 is 2.16 bits per heavy atom. The lowest BCUT2D eigenvalue weighted by Gasteiger charge is -2.40. The molecule has 0 saturated carbocycles. The third-order valence-electron chi connectivity index (χ3n) is 4.06. The van der Waals surface area contributed by atoms with E-state index in [1.807, 2.05) is 6.92 Å². The minimum absolute atomic E-state index is 0.0157. The van der Waals surface area contributed by atoms with Crippen molar-refractivity contribution < 1.29 is 9.50 Å². The molecule has 0 radical (unpaired) electrons. The molecule has 106 valence electrons. The Bertz CT molecular complexity index is 428. The molecule has 1 aliphatic heterocycles. The van der Waals surface area contributed by atoms with Crippen molar-refractivity contribution in [1.82, 2.24) is 9.80 Å². The van der Waals surface area contributed by atoms with Crippen LogP contribution in [0.25, 0.3) is 0 Å². The highest BCUT2D eigenvalue weighted by molar-refractivity contribution is 5.29. The molecule has 1 atom stereocenters. The summed E-state index contributed by atoms with van der Waals surface area (Å²) < 4.78 is 13.9. The number of phenolic OH excluding ortho intramolecular Hbond substituents is 1. The van der Waals surface area contributed by atoms with Crippen molar-refractivity contribution in [2.24, 2.45) is 0 Å². The van der Waals surface area contributed by atoms with Gasteiger partial charge in [0.25, 0.3) is 0 Å². The fourth-order valence-corrected chi connectivity index (χ4v) is 2.69. The fourth-order valence-electron chi connectivity index (χ4n) is 2.69. The minimum atomic E-state index is -0.321. The number of phenols is 1. The molecule has 0 aliphatic carbocycles. The van der Waals surface area contributed by atoms with Gasteiger partial charge < -0.3 is 5.11 Å². The maximum atomic E-state index is 13.9. The molecule has 1 aromatic carbocycles. The van der Waals surface area contributed by atoms with Crippen molar-refractivity contribution >= 4 is 0 Å². The third kappa shape index (κ3) is 3.25. The Kier molecular flexibility index (Phi) is 4.42. The van der Waals surface area contributed by atoms with Gasteiger partial charge in [-0.3, -0.25) is 9.80 Å². The topological polar surface area (TPSA) is 26.7 Å². The van der Waals surface area contributed by atoms with Crippen molar-refractivity contribution in [1.29, 1.82) is 0 Å². The van der Waals surface area contributed by atoms with Gasteiger partial charge in [-0.15, -0.1) is 0 Å². The van der Waals surface area contributed by atoms with Crippen LogP contribution >= 0.6 is 0 Å². The molecule has 3 nitrogen and oxygen atoms in total. The first-order valence-corrected chi connectivity index (χ1v) is 6.95. The molecule has 0 aromatic heterocycles. The molecular formula is C15H23FN2O. The maximum absolute atomic E-state index is 13.9. The summed E-state index contributed by atoms with van der Waals surface area (Å²) in [6, 6.07) is 5.05. The lowest BCUT2D eigenvalue weighted by molar-refractivity contribution is 0.0822. The number of rotatable bonds is 3. The van der Waals surface area contributed by atoms with Crippen LogP contribution in [0.1, 0.15) is 32.4 Å². The summed E-state index contributed by atoms with van der Waals surface area (Å²) in [5.74, 6) is -0.336. The summed E-state index contributed by atoms with van der Waals surface area (Å²) in [7, 11) is 0. The average Bonchev–Trinajstić information content (AvgIpc) is 2.38. The van der Waals surface area contributed by atoms with Crippen LogP contribution in [0.4, 0.5) is 4.39 Å². The molecule has 0 bridgehead atoms. The van der Waals surface area contributed by atoms with E-state index in [-0.39, 0.29) is 17.6 Å². The lowest BCUT2D eigenvalue weighted by atomic mass is 10.0. The molecule has 0 amide bonds. The molecular weight excluding hydrogens is 243 g/mol. The predicted molar refractivity (Wildman–Crippen MR) is 74.8 cm³/mol. The van der Waals surface area contributed by atoms with Crippen LogP contribution in [-0.4, -0.2) is 47.1 Å². The van der Waals surface area contributed by atoms with Crippen LogP contribution < -0.4 is 0 Å². The van der Waals surface area contributed by atoms with Gasteiger partial charge in [-0.2, -0.15) is 0 Å². The maximum Gasteiger partial charge on any atom is 0.131 e. The fraction of sp³-hybridized carbons (Fsp3) is 0.600. The van der Waals surface area contributed by atoms with Crippen LogP contribution in [0, 0.1) is 5.82 Å². The van der Waals surface area contributed by atoms with E-state index in [0.717, 1.165) is 26.2 Å². The predicted octanol–water partition coefficient (Wildman–Crippen LogP) is 2.62. The van der Waals surface area contributed by atoms with Gasteiger partial charge in [0.05, 0.1) is 0 Å². The molecule has 1 heterocycles. The van der Waals surface area contributed by atoms with Gasteiger partial charge in [0.1, 0.15) is 11.6 Å². The Balaban J connectivity index is 2.03. The second-order valence-corrected chi connectivity index (χ2v) is 5.55. The Morgan fingerprint density at radius 1 is 1.05 bits per heavy atom. The highest BCUT2D eigenvalue weighted by atomic mass is 19.1. The molecule has 1 N–H and O–H groups in total. The molecule has 2 rings (SSSR count). The number of benzene rings is 1.